The Morgan fingerprint density at radius 1 is 1.29 bits per heavy atom. The van der Waals surface area contributed by atoms with E-state index >= 15 is 0 Å². The Morgan fingerprint density at radius 3 is 2.43 bits per heavy atom. The van der Waals surface area contributed by atoms with Crippen LogP contribution < -0.4 is 0 Å². The van der Waals surface area contributed by atoms with Crippen molar-refractivity contribution in [1.82, 2.24) is 0 Å². The third-order valence-corrected chi connectivity index (χ3v) is 2.61. The average Bonchev–Trinajstić information content (AvgIpc) is 2.21. The second-order valence-corrected chi connectivity index (χ2v) is 3.78. The lowest BCUT2D eigenvalue weighted by Gasteiger charge is -2.16. The van der Waals surface area contributed by atoms with Crippen LogP contribution >= 0.6 is 0 Å². The molecule has 0 N–H and O–H groups in total. The van der Waals surface area contributed by atoms with Crippen molar-refractivity contribution in [1.29, 1.82) is 5.26 Å². The van der Waals surface area contributed by atoms with Crippen LogP contribution in [0, 0.1) is 17.2 Å². The van der Waals surface area contributed by atoms with E-state index in [9.17, 15) is 0 Å². The Morgan fingerprint density at radius 2 is 1.93 bits per heavy atom. The Labute approximate surface area is 86.4 Å². The molecule has 0 heterocycles. The zero-order valence-corrected chi connectivity index (χ0v) is 8.90. The molecule has 1 heteroatoms. The van der Waals surface area contributed by atoms with Gasteiger partial charge in [-0.05, 0) is 17.9 Å². The van der Waals surface area contributed by atoms with Crippen LogP contribution in [0.2, 0.25) is 0 Å². The van der Waals surface area contributed by atoms with Crippen molar-refractivity contribution in [2.45, 2.75) is 32.6 Å². The smallest absolute Gasteiger partial charge is 0.0738 e. The minimum Gasteiger partial charge on any atom is -0.198 e. The number of hydrogen-bond donors (Lipinski definition) is 0. The molecule has 0 fully saturated rings. The van der Waals surface area contributed by atoms with Crippen LogP contribution in [0.1, 0.15) is 38.2 Å². The molecule has 0 saturated carbocycles. The molecule has 1 aromatic rings. The molecule has 1 nitrogen and oxygen atoms in total. The molecule has 0 aliphatic heterocycles. The predicted molar refractivity (Wildman–Crippen MR) is 58.9 cm³/mol. The summed E-state index contributed by atoms with van der Waals surface area (Å²) in [6.45, 7) is 4.32. The molecule has 1 aromatic carbocycles. The summed E-state index contributed by atoms with van der Waals surface area (Å²) in [4.78, 5) is 0. The van der Waals surface area contributed by atoms with Crippen LogP contribution in [0.5, 0.6) is 0 Å². The second kappa shape index (κ2) is 5.44. The van der Waals surface area contributed by atoms with Gasteiger partial charge in [0.2, 0.25) is 0 Å². The Kier molecular flexibility index (Phi) is 4.19. The lowest BCUT2D eigenvalue weighted by molar-refractivity contribution is 0.484. The largest absolute Gasteiger partial charge is 0.198 e. The minimum atomic E-state index is 0.0520. The van der Waals surface area contributed by atoms with Gasteiger partial charge in [-0.3, -0.25) is 0 Å². The molecular formula is C13H17N. The molecule has 0 radical (unpaired) electrons. The number of rotatable bonds is 4. The lowest BCUT2D eigenvalue weighted by atomic mass is 9.86. The van der Waals surface area contributed by atoms with Gasteiger partial charge < -0.3 is 0 Å². The monoisotopic (exact) mass is 187 g/mol. The summed E-state index contributed by atoms with van der Waals surface area (Å²) >= 11 is 0. The van der Waals surface area contributed by atoms with Crippen molar-refractivity contribution in [3.63, 3.8) is 0 Å². The highest BCUT2D eigenvalue weighted by molar-refractivity contribution is 5.25. The number of benzene rings is 1. The maximum atomic E-state index is 9.13. The molecule has 0 bridgehead atoms. The first-order valence-corrected chi connectivity index (χ1v) is 5.24. The van der Waals surface area contributed by atoms with Crippen molar-refractivity contribution in [2.24, 2.45) is 5.92 Å². The molecule has 0 aromatic heterocycles. The molecule has 74 valence electrons. The van der Waals surface area contributed by atoms with Gasteiger partial charge >= 0.3 is 0 Å². The summed E-state index contributed by atoms with van der Waals surface area (Å²) in [6, 6.07) is 12.5. The van der Waals surface area contributed by atoms with Gasteiger partial charge in [0.15, 0.2) is 0 Å². The van der Waals surface area contributed by atoms with E-state index in [4.69, 9.17) is 5.26 Å². The standard InChI is InChI=1S/C13H17N/c1-3-7-11(2)13(10-14)12-8-5-4-6-9-12/h4-6,8-9,11,13H,3,7H2,1-2H3. The van der Waals surface area contributed by atoms with Gasteiger partial charge in [-0.2, -0.15) is 5.26 Å². The normalized spacial score (nSPS) is 14.4. The summed E-state index contributed by atoms with van der Waals surface area (Å²) in [5, 5.41) is 9.13. The fourth-order valence-electron chi connectivity index (χ4n) is 1.81. The minimum absolute atomic E-state index is 0.0520. The average molecular weight is 187 g/mol. The van der Waals surface area contributed by atoms with Gasteiger partial charge in [-0.1, -0.05) is 50.6 Å². The topological polar surface area (TPSA) is 23.8 Å². The molecule has 1 rings (SSSR count). The fraction of sp³-hybridized carbons (Fsp3) is 0.462. The summed E-state index contributed by atoms with van der Waals surface area (Å²) in [7, 11) is 0. The summed E-state index contributed by atoms with van der Waals surface area (Å²) < 4.78 is 0. The zero-order valence-electron chi connectivity index (χ0n) is 8.90. The van der Waals surface area contributed by atoms with E-state index in [0.29, 0.717) is 5.92 Å². The molecule has 0 aliphatic rings. The predicted octanol–water partition coefficient (Wildman–Crippen LogP) is 3.73. The van der Waals surface area contributed by atoms with Crippen LogP contribution in [-0.4, -0.2) is 0 Å². The number of nitriles is 1. The SMILES string of the molecule is CCCC(C)C(C#N)c1ccccc1. The van der Waals surface area contributed by atoms with E-state index in [1.807, 2.05) is 30.3 Å². The van der Waals surface area contributed by atoms with Crippen LogP contribution in [0.15, 0.2) is 30.3 Å². The first-order valence-electron chi connectivity index (χ1n) is 5.24. The van der Waals surface area contributed by atoms with Crippen LogP contribution in [0.25, 0.3) is 0 Å². The van der Waals surface area contributed by atoms with Crippen molar-refractivity contribution < 1.29 is 0 Å². The van der Waals surface area contributed by atoms with Gasteiger partial charge in [0.25, 0.3) is 0 Å². The zero-order chi connectivity index (χ0) is 10.4. The molecule has 2 atom stereocenters. The maximum Gasteiger partial charge on any atom is 0.0738 e. The Hall–Kier alpha value is -1.29. The van der Waals surface area contributed by atoms with Crippen molar-refractivity contribution >= 4 is 0 Å². The van der Waals surface area contributed by atoms with Crippen molar-refractivity contribution in [2.75, 3.05) is 0 Å². The fourth-order valence-corrected chi connectivity index (χ4v) is 1.81. The first kappa shape index (κ1) is 10.8. The molecule has 0 saturated heterocycles. The van der Waals surface area contributed by atoms with Crippen LogP contribution in [-0.2, 0) is 0 Å². The van der Waals surface area contributed by atoms with Gasteiger partial charge in [0.05, 0.1) is 12.0 Å². The van der Waals surface area contributed by atoms with E-state index in [0.717, 1.165) is 18.4 Å². The van der Waals surface area contributed by atoms with Gasteiger partial charge in [0, 0.05) is 0 Å². The quantitative estimate of drug-likeness (QED) is 0.704. The highest BCUT2D eigenvalue weighted by Crippen LogP contribution is 2.26. The van der Waals surface area contributed by atoms with E-state index in [2.05, 4.69) is 19.9 Å². The Balaban J connectivity index is 2.78. The van der Waals surface area contributed by atoms with E-state index in [1.54, 1.807) is 0 Å². The molecular weight excluding hydrogens is 170 g/mol. The summed E-state index contributed by atoms with van der Waals surface area (Å²) in [5.74, 6) is 0.503. The number of nitrogens with zero attached hydrogens (tertiary/aromatic N) is 1. The maximum absolute atomic E-state index is 9.13. The number of hydrogen-bond acceptors (Lipinski definition) is 1. The molecule has 2 unspecified atom stereocenters. The summed E-state index contributed by atoms with van der Waals surface area (Å²) in [6.07, 6.45) is 2.26. The third kappa shape index (κ3) is 2.60. The van der Waals surface area contributed by atoms with Gasteiger partial charge in [-0.25, -0.2) is 0 Å². The molecule has 0 amide bonds. The van der Waals surface area contributed by atoms with Crippen molar-refractivity contribution in [3.05, 3.63) is 35.9 Å². The van der Waals surface area contributed by atoms with Crippen LogP contribution in [0.3, 0.4) is 0 Å². The molecule has 0 spiro atoms. The second-order valence-electron chi connectivity index (χ2n) is 3.78. The van der Waals surface area contributed by atoms with Crippen molar-refractivity contribution in [3.8, 4) is 6.07 Å². The molecule has 0 aliphatic carbocycles. The van der Waals surface area contributed by atoms with Gasteiger partial charge in [-0.15, -0.1) is 0 Å². The Bertz CT molecular complexity index is 297. The lowest BCUT2D eigenvalue weighted by Crippen LogP contribution is -2.07. The first-order chi connectivity index (χ1) is 6.79. The highest BCUT2D eigenvalue weighted by atomic mass is 14.3. The van der Waals surface area contributed by atoms with Gasteiger partial charge in [0.1, 0.15) is 0 Å². The highest BCUT2D eigenvalue weighted by Gasteiger charge is 2.17. The molecule has 14 heavy (non-hydrogen) atoms. The third-order valence-electron chi connectivity index (χ3n) is 2.61. The van der Waals surface area contributed by atoms with E-state index in [1.165, 1.54) is 0 Å². The van der Waals surface area contributed by atoms with Crippen LogP contribution in [0.4, 0.5) is 0 Å². The summed E-state index contributed by atoms with van der Waals surface area (Å²) in [5.41, 5.74) is 1.15. The van der Waals surface area contributed by atoms with E-state index < -0.39 is 0 Å². The van der Waals surface area contributed by atoms with E-state index in [-0.39, 0.29) is 5.92 Å².